The van der Waals surface area contributed by atoms with Gasteiger partial charge >= 0.3 is 0 Å². The van der Waals surface area contributed by atoms with Crippen LogP contribution < -0.4 is 10.1 Å². The van der Waals surface area contributed by atoms with E-state index >= 15 is 0 Å². The SMILES string of the molecule is Cc1ncccc1OC1(C(=O)N(Cc2nccn2C)C(C)C)CCNCC1. The summed E-state index contributed by atoms with van der Waals surface area (Å²) < 4.78 is 8.34. The normalized spacial score (nSPS) is 16.3. The first-order chi connectivity index (χ1) is 12.9. The van der Waals surface area contributed by atoms with Crippen LogP contribution in [-0.4, -0.2) is 50.1 Å². The molecule has 7 heteroatoms. The lowest BCUT2D eigenvalue weighted by Gasteiger charge is -2.41. The van der Waals surface area contributed by atoms with Gasteiger partial charge in [-0.2, -0.15) is 0 Å². The van der Waals surface area contributed by atoms with Crippen molar-refractivity contribution in [2.24, 2.45) is 7.05 Å². The molecule has 1 saturated heterocycles. The van der Waals surface area contributed by atoms with Gasteiger partial charge < -0.3 is 19.5 Å². The maximum Gasteiger partial charge on any atom is 0.267 e. The van der Waals surface area contributed by atoms with Crippen LogP contribution in [0.5, 0.6) is 5.75 Å². The third kappa shape index (κ3) is 4.13. The van der Waals surface area contributed by atoms with Crippen LogP contribution in [0.15, 0.2) is 30.7 Å². The Morgan fingerprint density at radius 1 is 1.33 bits per heavy atom. The molecule has 0 atom stereocenters. The summed E-state index contributed by atoms with van der Waals surface area (Å²) >= 11 is 0. The summed E-state index contributed by atoms with van der Waals surface area (Å²) in [5, 5.41) is 3.33. The molecule has 3 heterocycles. The number of pyridine rings is 1. The number of nitrogens with one attached hydrogen (secondary N) is 1. The topological polar surface area (TPSA) is 72.3 Å². The van der Waals surface area contributed by atoms with E-state index in [0.717, 1.165) is 24.6 Å². The molecule has 27 heavy (non-hydrogen) atoms. The Morgan fingerprint density at radius 3 is 2.67 bits per heavy atom. The fourth-order valence-electron chi connectivity index (χ4n) is 3.43. The molecule has 1 aliphatic rings. The van der Waals surface area contributed by atoms with Crippen molar-refractivity contribution in [2.45, 2.75) is 51.8 Å². The first-order valence-corrected chi connectivity index (χ1v) is 9.51. The molecule has 146 valence electrons. The first kappa shape index (κ1) is 19.4. The Hall–Kier alpha value is -2.41. The summed E-state index contributed by atoms with van der Waals surface area (Å²) in [4.78, 5) is 24.3. The van der Waals surface area contributed by atoms with E-state index in [1.165, 1.54) is 0 Å². The van der Waals surface area contributed by atoms with Crippen LogP contribution in [0.3, 0.4) is 0 Å². The van der Waals surface area contributed by atoms with E-state index in [1.54, 1.807) is 12.4 Å². The van der Waals surface area contributed by atoms with Crippen molar-refractivity contribution in [3.05, 3.63) is 42.2 Å². The number of piperidine rings is 1. The Balaban J connectivity index is 1.91. The van der Waals surface area contributed by atoms with Crippen LogP contribution in [0.1, 0.15) is 38.2 Å². The van der Waals surface area contributed by atoms with E-state index in [-0.39, 0.29) is 11.9 Å². The fourth-order valence-corrected chi connectivity index (χ4v) is 3.43. The molecule has 2 aromatic heterocycles. The summed E-state index contributed by atoms with van der Waals surface area (Å²) in [6.45, 7) is 7.93. The van der Waals surface area contributed by atoms with Gasteiger partial charge in [-0.25, -0.2) is 4.98 Å². The minimum atomic E-state index is -0.880. The van der Waals surface area contributed by atoms with Crippen LogP contribution in [0, 0.1) is 6.92 Å². The summed E-state index contributed by atoms with van der Waals surface area (Å²) in [6, 6.07) is 3.77. The molecule has 1 aliphatic heterocycles. The van der Waals surface area contributed by atoms with Gasteiger partial charge in [0, 0.05) is 44.5 Å². The zero-order valence-electron chi connectivity index (χ0n) is 16.6. The number of aryl methyl sites for hydroxylation is 2. The van der Waals surface area contributed by atoms with Gasteiger partial charge in [0.1, 0.15) is 11.6 Å². The molecule has 2 aromatic rings. The Morgan fingerprint density at radius 2 is 2.07 bits per heavy atom. The molecular formula is C20H29N5O2. The molecule has 0 bridgehead atoms. The maximum absolute atomic E-state index is 13.7. The van der Waals surface area contributed by atoms with Crippen LogP contribution in [0.2, 0.25) is 0 Å². The Labute approximate surface area is 160 Å². The Bertz CT molecular complexity index is 780. The van der Waals surface area contributed by atoms with Gasteiger partial charge in [-0.05, 0) is 46.0 Å². The summed E-state index contributed by atoms with van der Waals surface area (Å²) in [5.74, 6) is 1.55. The van der Waals surface area contributed by atoms with Crippen molar-refractivity contribution in [2.75, 3.05) is 13.1 Å². The largest absolute Gasteiger partial charge is 0.475 e. The molecule has 3 rings (SSSR count). The maximum atomic E-state index is 13.7. The molecule has 0 aromatic carbocycles. The van der Waals surface area contributed by atoms with Crippen LogP contribution in [0.4, 0.5) is 0 Å². The number of hydrogen-bond donors (Lipinski definition) is 1. The van der Waals surface area contributed by atoms with Gasteiger partial charge in [0.05, 0.1) is 12.2 Å². The molecule has 0 radical (unpaired) electrons. The van der Waals surface area contributed by atoms with Crippen LogP contribution in [-0.2, 0) is 18.4 Å². The third-order valence-electron chi connectivity index (χ3n) is 5.18. The van der Waals surface area contributed by atoms with E-state index in [0.29, 0.717) is 25.1 Å². The number of imidazole rings is 1. The van der Waals surface area contributed by atoms with Crippen LogP contribution in [0.25, 0.3) is 0 Å². The molecule has 1 fully saturated rings. The lowest BCUT2D eigenvalue weighted by molar-refractivity contribution is -0.153. The number of ether oxygens (including phenoxy) is 1. The second-order valence-corrected chi connectivity index (χ2v) is 7.41. The standard InChI is InChI=1S/C20H29N5O2/c1-15(2)25(14-18-23-12-13-24(18)4)19(26)20(7-10-21-11-8-20)27-17-6-5-9-22-16(17)3/h5-6,9,12-13,15,21H,7-8,10-11,14H2,1-4H3. The van der Waals surface area contributed by atoms with E-state index in [4.69, 9.17) is 4.74 Å². The number of carbonyl (C=O) groups is 1. The van der Waals surface area contributed by atoms with Crippen molar-refractivity contribution in [3.8, 4) is 5.75 Å². The summed E-state index contributed by atoms with van der Waals surface area (Å²) in [5.41, 5.74) is -0.0857. The number of amides is 1. The fraction of sp³-hybridized carbons (Fsp3) is 0.550. The molecule has 7 nitrogen and oxygen atoms in total. The third-order valence-corrected chi connectivity index (χ3v) is 5.18. The predicted molar refractivity (Wildman–Crippen MR) is 103 cm³/mol. The van der Waals surface area contributed by atoms with E-state index in [2.05, 4.69) is 15.3 Å². The lowest BCUT2D eigenvalue weighted by atomic mass is 9.89. The average Bonchev–Trinajstić information content (AvgIpc) is 3.06. The second-order valence-electron chi connectivity index (χ2n) is 7.41. The zero-order valence-corrected chi connectivity index (χ0v) is 16.6. The highest BCUT2D eigenvalue weighted by Crippen LogP contribution is 2.31. The smallest absolute Gasteiger partial charge is 0.267 e. The van der Waals surface area contributed by atoms with Crippen molar-refractivity contribution in [1.29, 1.82) is 0 Å². The first-order valence-electron chi connectivity index (χ1n) is 9.51. The van der Waals surface area contributed by atoms with Crippen molar-refractivity contribution < 1.29 is 9.53 Å². The van der Waals surface area contributed by atoms with Crippen molar-refractivity contribution >= 4 is 5.91 Å². The number of rotatable bonds is 6. The van der Waals surface area contributed by atoms with E-state index in [9.17, 15) is 4.79 Å². The van der Waals surface area contributed by atoms with Crippen molar-refractivity contribution in [1.82, 2.24) is 24.8 Å². The quantitative estimate of drug-likeness (QED) is 0.842. The molecule has 0 saturated carbocycles. The number of nitrogens with zero attached hydrogens (tertiary/aromatic N) is 4. The lowest BCUT2D eigenvalue weighted by Crippen LogP contribution is -2.58. The van der Waals surface area contributed by atoms with E-state index < -0.39 is 5.60 Å². The van der Waals surface area contributed by atoms with Crippen molar-refractivity contribution in [3.63, 3.8) is 0 Å². The monoisotopic (exact) mass is 371 g/mol. The number of carbonyl (C=O) groups excluding carboxylic acids is 1. The number of aromatic nitrogens is 3. The second kappa shape index (κ2) is 8.08. The summed E-state index contributed by atoms with van der Waals surface area (Å²) in [7, 11) is 1.95. The molecule has 0 unspecified atom stereocenters. The molecule has 0 spiro atoms. The van der Waals surface area contributed by atoms with Gasteiger partial charge in [-0.1, -0.05) is 0 Å². The van der Waals surface area contributed by atoms with Gasteiger partial charge in [0.2, 0.25) is 0 Å². The van der Waals surface area contributed by atoms with Gasteiger partial charge in [-0.15, -0.1) is 0 Å². The average molecular weight is 371 g/mol. The van der Waals surface area contributed by atoms with Crippen LogP contribution >= 0.6 is 0 Å². The highest BCUT2D eigenvalue weighted by Gasteiger charge is 2.45. The molecule has 1 N–H and O–H groups in total. The molecule has 1 amide bonds. The minimum absolute atomic E-state index is 0.0188. The highest BCUT2D eigenvalue weighted by molar-refractivity contribution is 5.86. The molecular weight excluding hydrogens is 342 g/mol. The molecule has 0 aliphatic carbocycles. The number of hydrogen-bond acceptors (Lipinski definition) is 5. The van der Waals surface area contributed by atoms with Gasteiger partial charge in [0.25, 0.3) is 5.91 Å². The Kier molecular flexibility index (Phi) is 5.79. The zero-order chi connectivity index (χ0) is 19.4. The minimum Gasteiger partial charge on any atom is -0.475 e. The van der Waals surface area contributed by atoms with Gasteiger partial charge in [-0.3, -0.25) is 9.78 Å². The van der Waals surface area contributed by atoms with Gasteiger partial charge in [0.15, 0.2) is 5.60 Å². The highest BCUT2D eigenvalue weighted by atomic mass is 16.5. The predicted octanol–water partition coefficient (Wildman–Crippen LogP) is 2.06. The summed E-state index contributed by atoms with van der Waals surface area (Å²) in [6.07, 6.45) is 6.65. The van der Waals surface area contributed by atoms with E-state index in [1.807, 2.05) is 55.6 Å².